The summed E-state index contributed by atoms with van der Waals surface area (Å²) in [5.41, 5.74) is 0. The first-order valence-electron chi connectivity index (χ1n) is 9.07. The van der Waals surface area contributed by atoms with Crippen LogP contribution in [-0.4, -0.2) is 17.2 Å². The Morgan fingerprint density at radius 2 is 1.09 bits per heavy atom. The molecule has 0 fully saturated rings. The van der Waals surface area contributed by atoms with Gasteiger partial charge in [0.2, 0.25) is 0 Å². The molecule has 0 saturated carbocycles. The number of aliphatic hydroxyl groups excluding tert-OH is 1. The zero-order valence-electron chi connectivity index (χ0n) is 14.9. The number of aliphatic carboxylic acids is 1. The van der Waals surface area contributed by atoms with E-state index in [4.69, 9.17) is 5.11 Å². The summed E-state index contributed by atoms with van der Waals surface area (Å²) in [4.78, 5) is 10.3. The van der Waals surface area contributed by atoms with Gasteiger partial charge in [0.15, 0.2) is 0 Å². The molecule has 0 aromatic heterocycles. The number of carboxylic acid groups (broad SMARTS) is 1. The van der Waals surface area contributed by atoms with Crippen molar-refractivity contribution in [2.75, 3.05) is 0 Å². The Bertz CT molecular complexity index is 234. The minimum Gasteiger partial charge on any atom is -0.547 e. The second kappa shape index (κ2) is 20.1. The molecule has 0 aliphatic heterocycles. The summed E-state index contributed by atoms with van der Waals surface area (Å²) in [6, 6.07) is 0. The van der Waals surface area contributed by atoms with Crippen molar-refractivity contribution in [2.45, 2.75) is 109 Å². The van der Waals surface area contributed by atoms with E-state index in [0.717, 1.165) is 19.3 Å². The first-order chi connectivity index (χ1) is 10.2. The molecule has 0 radical (unpaired) electrons. The van der Waals surface area contributed by atoms with Crippen LogP contribution in [0.5, 0.6) is 0 Å². The number of carbonyl (C=O) groups excluding carboxylic acids is 1. The molecular weight excluding hydrogens is 303 g/mol. The van der Waals surface area contributed by atoms with Gasteiger partial charge in [-0.05, 0) is 6.42 Å². The maximum absolute atomic E-state index is 10.3. The van der Waals surface area contributed by atoms with Gasteiger partial charge in [0.25, 0.3) is 0 Å². The van der Waals surface area contributed by atoms with Crippen molar-refractivity contribution in [3.63, 3.8) is 0 Å². The predicted octanol–water partition coefficient (Wildman–Crippen LogP) is 0.973. The van der Waals surface area contributed by atoms with Gasteiger partial charge in [-0.3, -0.25) is 0 Å². The zero-order chi connectivity index (χ0) is 15.8. The minimum absolute atomic E-state index is 0. The summed E-state index contributed by atoms with van der Waals surface area (Å²) >= 11 is 0. The minimum atomic E-state index is -1.34. The van der Waals surface area contributed by atoms with Gasteiger partial charge in [0, 0.05) is 0 Å². The summed E-state index contributed by atoms with van der Waals surface area (Å²) in [5, 5.41) is 19.4. The molecule has 0 amide bonds. The van der Waals surface area contributed by atoms with Crippen LogP contribution in [0, 0.1) is 0 Å². The quantitative estimate of drug-likeness (QED) is 0.337. The topological polar surface area (TPSA) is 60.4 Å². The van der Waals surface area contributed by atoms with Gasteiger partial charge in [-0.15, -0.1) is 0 Å². The Morgan fingerprint density at radius 1 is 0.773 bits per heavy atom. The average molecular weight is 339 g/mol. The second-order valence-electron chi connectivity index (χ2n) is 6.22. The molecule has 1 atom stereocenters. The predicted molar refractivity (Wildman–Crippen MR) is 85.9 cm³/mol. The van der Waals surface area contributed by atoms with Crippen LogP contribution in [0.2, 0.25) is 0 Å². The van der Waals surface area contributed by atoms with Crippen molar-refractivity contribution in [3.05, 3.63) is 0 Å². The molecule has 0 heterocycles. The Hall–Kier alpha value is 1.07. The fourth-order valence-corrected chi connectivity index (χ4v) is 2.65. The summed E-state index contributed by atoms with van der Waals surface area (Å²) in [5.74, 6) is -1.34. The molecule has 22 heavy (non-hydrogen) atoms. The van der Waals surface area contributed by atoms with E-state index < -0.39 is 12.1 Å². The molecular formula is C18H35KO3. The molecule has 1 N–H and O–H groups in total. The number of aliphatic hydroxyl groups is 1. The van der Waals surface area contributed by atoms with Gasteiger partial charge in [-0.1, -0.05) is 96.8 Å². The zero-order valence-corrected chi connectivity index (χ0v) is 18.1. The molecule has 0 aromatic carbocycles. The smallest absolute Gasteiger partial charge is 0.547 e. The van der Waals surface area contributed by atoms with Crippen LogP contribution in [0.3, 0.4) is 0 Å². The summed E-state index contributed by atoms with van der Waals surface area (Å²) in [6.45, 7) is 2.26. The molecule has 0 aromatic rings. The largest absolute Gasteiger partial charge is 1.00 e. The van der Waals surface area contributed by atoms with E-state index in [1.54, 1.807) is 0 Å². The Kier molecular flexibility index (Phi) is 23.1. The van der Waals surface area contributed by atoms with Crippen LogP contribution < -0.4 is 56.5 Å². The summed E-state index contributed by atoms with van der Waals surface area (Å²) in [7, 11) is 0. The molecule has 1 unspecified atom stereocenters. The Labute approximate surface area is 180 Å². The van der Waals surface area contributed by atoms with Crippen molar-refractivity contribution < 1.29 is 66.4 Å². The first kappa shape index (κ1) is 25.3. The second-order valence-corrected chi connectivity index (χ2v) is 6.22. The average Bonchev–Trinajstić information content (AvgIpc) is 2.47. The first-order valence-corrected chi connectivity index (χ1v) is 9.07. The number of rotatable bonds is 16. The van der Waals surface area contributed by atoms with Crippen LogP contribution in [0.4, 0.5) is 0 Å². The van der Waals surface area contributed by atoms with E-state index in [-0.39, 0.29) is 51.4 Å². The van der Waals surface area contributed by atoms with Crippen LogP contribution >= 0.6 is 0 Å². The normalized spacial score (nSPS) is 11.9. The van der Waals surface area contributed by atoms with Gasteiger partial charge in [-0.25, -0.2) is 0 Å². The maximum Gasteiger partial charge on any atom is 1.00 e. The monoisotopic (exact) mass is 338 g/mol. The molecule has 126 valence electrons. The van der Waals surface area contributed by atoms with Crippen LogP contribution in [0.1, 0.15) is 103 Å². The number of carboxylic acids is 1. The Morgan fingerprint density at radius 3 is 1.41 bits per heavy atom. The SMILES string of the molecule is CCCCCCCCCCCCCCCCC(O)C(=O)[O-].[K+]. The maximum atomic E-state index is 10.3. The van der Waals surface area contributed by atoms with Gasteiger partial charge in [0.1, 0.15) is 0 Å². The third-order valence-electron chi connectivity index (χ3n) is 4.10. The number of unbranched alkanes of at least 4 members (excludes halogenated alkanes) is 13. The molecule has 4 heteroatoms. The van der Waals surface area contributed by atoms with Crippen molar-refractivity contribution in [3.8, 4) is 0 Å². The van der Waals surface area contributed by atoms with E-state index in [1.165, 1.54) is 70.6 Å². The standard InChI is InChI=1S/C18H36O3.K/c1-2-3-4-5-6-7-8-9-10-11-12-13-14-15-16-17(19)18(20)21;/h17,19H,2-16H2,1H3,(H,20,21);/q;+1/p-1. The fourth-order valence-electron chi connectivity index (χ4n) is 2.65. The van der Waals surface area contributed by atoms with E-state index in [9.17, 15) is 9.90 Å². The van der Waals surface area contributed by atoms with Crippen LogP contribution in [0.15, 0.2) is 0 Å². The van der Waals surface area contributed by atoms with Crippen LogP contribution in [0.25, 0.3) is 0 Å². The molecule has 3 nitrogen and oxygen atoms in total. The van der Waals surface area contributed by atoms with Gasteiger partial charge in [0.05, 0.1) is 12.1 Å². The van der Waals surface area contributed by atoms with Crippen LogP contribution in [-0.2, 0) is 4.79 Å². The molecule has 0 spiro atoms. The third-order valence-corrected chi connectivity index (χ3v) is 4.10. The molecule has 0 rings (SSSR count). The van der Waals surface area contributed by atoms with Crippen molar-refractivity contribution >= 4 is 5.97 Å². The summed E-state index contributed by atoms with van der Waals surface area (Å²) < 4.78 is 0. The number of hydrogen-bond acceptors (Lipinski definition) is 3. The Balaban J connectivity index is 0. The van der Waals surface area contributed by atoms with Gasteiger partial charge >= 0.3 is 51.4 Å². The number of carbonyl (C=O) groups is 1. The molecule has 0 saturated heterocycles. The van der Waals surface area contributed by atoms with E-state index in [2.05, 4.69) is 6.92 Å². The van der Waals surface area contributed by atoms with E-state index >= 15 is 0 Å². The molecule has 0 bridgehead atoms. The summed E-state index contributed by atoms with van der Waals surface area (Å²) in [6.07, 6.45) is 16.9. The molecule has 0 aliphatic rings. The fraction of sp³-hybridized carbons (Fsp3) is 0.944. The van der Waals surface area contributed by atoms with Gasteiger partial charge in [-0.2, -0.15) is 0 Å². The van der Waals surface area contributed by atoms with Gasteiger partial charge < -0.3 is 15.0 Å². The van der Waals surface area contributed by atoms with Crippen molar-refractivity contribution in [1.82, 2.24) is 0 Å². The van der Waals surface area contributed by atoms with Crippen molar-refractivity contribution in [1.29, 1.82) is 0 Å². The van der Waals surface area contributed by atoms with E-state index in [0.29, 0.717) is 6.42 Å². The van der Waals surface area contributed by atoms with E-state index in [1.807, 2.05) is 0 Å². The third kappa shape index (κ3) is 19.1. The number of hydrogen-bond donors (Lipinski definition) is 1. The molecule has 0 aliphatic carbocycles. The van der Waals surface area contributed by atoms with Crippen molar-refractivity contribution in [2.24, 2.45) is 0 Å².